The van der Waals surface area contributed by atoms with Crippen molar-refractivity contribution < 1.29 is 23.9 Å². The summed E-state index contributed by atoms with van der Waals surface area (Å²) in [5.74, 6) is -0.477. The molecular weight excluding hydrogens is 530 g/mol. The van der Waals surface area contributed by atoms with Gasteiger partial charge in [-0.2, -0.15) is 15.4 Å². The monoisotopic (exact) mass is 567 g/mol. The molecule has 2 aliphatic carbocycles. The fourth-order valence-corrected chi connectivity index (χ4v) is 5.96. The van der Waals surface area contributed by atoms with E-state index < -0.39 is 29.4 Å². The van der Waals surface area contributed by atoms with Crippen molar-refractivity contribution in [1.82, 2.24) is 30.6 Å². The van der Waals surface area contributed by atoms with Gasteiger partial charge in [0, 0.05) is 18.3 Å². The van der Waals surface area contributed by atoms with Crippen molar-refractivity contribution in [2.45, 2.75) is 70.5 Å². The molecule has 4 N–H and O–H groups in total. The Hall–Kier alpha value is -4.29. The van der Waals surface area contributed by atoms with Gasteiger partial charge in [-0.1, -0.05) is 25.8 Å². The quantitative estimate of drug-likeness (QED) is 0.233. The molecule has 5 atom stereocenters. The molecule has 2 aromatic rings. The SMILES string of the molecule is COC(=O)/C=C/CCC(NC(=O)c1cn[nH]n1)C(=O)Nc1cccn(CC(=O)NC2C(C)CC3CCCC2C3)c1=O. The van der Waals surface area contributed by atoms with Gasteiger partial charge in [0.05, 0.1) is 13.3 Å². The average Bonchev–Trinajstić information content (AvgIpc) is 3.50. The molecule has 2 saturated carbocycles. The molecule has 220 valence electrons. The van der Waals surface area contributed by atoms with Crippen LogP contribution in [0.25, 0.3) is 0 Å². The van der Waals surface area contributed by atoms with Crippen molar-refractivity contribution in [1.29, 1.82) is 0 Å². The van der Waals surface area contributed by atoms with Gasteiger partial charge >= 0.3 is 5.97 Å². The summed E-state index contributed by atoms with van der Waals surface area (Å²) >= 11 is 0. The van der Waals surface area contributed by atoms with Crippen molar-refractivity contribution in [2.75, 3.05) is 12.4 Å². The Balaban J connectivity index is 1.41. The van der Waals surface area contributed by atoms with Gasteiger partial charge in [-0.05, 0) is 62.0 Å². The van der Waals surface area contributed by atoms with E-state index in [0.29, 0.717) is 11.8 Å². The van der Waals surface area contributed by atoms with Crippen LogP contribution in [-0.2, 0) is 25.7 Å². The Labute approximate surface area is 237 Å². The number of fused-ring (bicyclic) bond motifs is 2. The zero-order valence-electron chi connectivity index (χ0n) is 23.3. The van der Waals surface area contributed by atoms with Gasteiger partial charge < -0.3 is 25.3 Å². The van der Waals surface area contributed by atoms with Crippen LogP contribution in [0.1, 0.15) is 62.4 Å². The molecule has 2 heterocycles. The van der Waals surface area contributed by atoms with Crippen LogP contribution in [-0.4, -0.2) is 62.9 Å². The molecule has 13 nitrogen and oxygen atoms in total. The summed E-state index contributed by atoms with van der Waals surface area (Å²) in [5, 5.41) is 18.0. The molecule has 0 aliphatic heterocycles. The first-order chi connectivity index (χ1) is 19.7. The molecule has 41 heavy (non-hydrogen) atoms. The fourth-order valence-electron chi connectivity index (χ4n) is 5.96. The van der Waals surface area contributed by atoms with Crippen LogP contribution >= 0.6 is 0 Å². The molecule has 2 aliphatic rings. The lowest BCUT2D eigenvalue weighted by atomic mass is 9.65. The Bertz CT molecular complexity index is 1320. The van der Waals surface area contributed by atoms with Gasteiger partial charge in [-0.3, -0.25) is 19.2 Å². The second-order valence-electron chi connectivity index (χ2n) is 10.8. The maximum Gasteiger partial charge on any atom is 0.330 e. The minimum Gasteiger partial charge on any atom is -0.466 e. The third-order valence-electron chi connectivity index (χ3n) is 7.92. The van der Waals surface area contributed by atoms with Crippen molar-refractivity contribution in [3.8, 4) is 0 Å². The van der Waals surface area contributed by atoms with Crippen molar-refractivity contribution in [3.05, 3.63) is 52.7 Å². The number of carbonyl (C=O) groups excluding carboxylic acids is 4. The van der Waals surface area contributed by atoms with Crippen LogP contribution in [0.3, 0.4) is 0 Å². The first-order valence-electron chi connectivity index (χ1n) is 14.0. The second-order valence-corrected chi connectivity index (χ2v) is 10.8. The number of methoxy groups -OCH3 is 1. The summed E-state index contributed by atoms with van der Waals surface area (Å²) in [6.07, 6.45) is 11.6. The summed E-state index contributed by atoms with van der Waals surface area (Å²) < 4.78 is 5.81. The molecular formula is C28H37N7O6. The number of nitrogens with one attached hydrogen (secondary N) is 4. The van der Waals surface area contributed by atoms with Crippen LogP contribution in [0.2, 0.25) is 0 Å². The largest absolute Gasteiger partial charge is 0.466 e. The van der Waals surface area contributed by atoms with Gasteiger partial charge in [0.2, 0.25) is 11.8 Å². The first-order valence-corrected chi connectivity index (χ1v) is 14.0. The van der Waals surface area contributed by atoms with E-state index in [1.165, 1.54) is 55.1 Å². The highest BCUT2D eigenvalue weighted by Crippen LogP contribution is 2.42. The number of nitrogens with zero attached hydrogens (tertiary/aromatic N) is 3. The lowest BCUT2D eigenvalue weighted by Crippen LogP contribution is -2.50. The topological polar surface area (TPSA) is 177 Å². The van der Waals surface area contributed by atoms with Crippen molar-refractivity contribution in [3.63, 3.8) is 0 Å². The number of esters is 1. The molecule has 2 aromatic heterocycles. The molecule has 0 radical (unpaired) electrons. The number of carbonyl (C=O) groups is 4. The van der Waals surface area contributed by atoms with E-state index >= 15 is 0 Å². The van der Waals surface area contributed by atoms with Crippen LogP contribution in [0.5, 0.6) is 0 Å². The van der Waals surface area contributed by atoms with E-state index in [2.05, 4.69) is 43.0 Å². The Kier molecular flexibility index (Phi) is 10.0. The molecule has 0 saturated heterocycles. The van der Waals surface area contributed by atoms with Crippen LogP contribution in [0.15, 0.2) is 41.5 Å². The number of amides is 3. The van der Waals surface area contributed by atoms with Gasteiger partial charge in [-0.25, -0.2) is 4.79 Å². The van der Waals surface area contributed by atoms with E-state index in [0.717, 1.165) is 25.2 Å². The number of rotatable bonds is 11. The molecule has 0 aromatic carbocycles. The molecule has 0 spiro atoms. The molecule has 2 fully saturated rings. The van der Waals surface area contributed by atoms with Gasteiger partial charge in [0.25, 0.3) is 11.5 Å². The summed E-state index contributed by atoms with van der Waals surface area (Å²) in [6, 6.07) is 2.04. The van der Waals surface area contributed by atoms with E-state index in [9.17, 15) is 24.0 Å². The third kappa shape index (κ3) is 7.89. The summed E-state index contributed by atoms with van der Waals surface area (Å²) in [4.78, 5) is 63.2. The lowest BCUT2D eigenvalue weighted by molar-refractivity contribution is -0.134. The maximum atomic E-state index is 13.2. The van der Waals surface area contributed by atoms with Crippen molar-refractivity contribution in [2.24, 2.45) is 17.8 Å². The van der Waals surface area contributed by atoms with Crippen molar-refractivity contribution >= 4 is 29.4 Å². The van der Waals surface area contributed by atoms with Crippen LogP contribution in [0, 0.1) is 17.8 Å². The molecule has 4 rings (SSSR count). The minimum atomic E-state index is -1.06. The first kappa shape index (κ1) is 29.7. The Morgan fingerprint density at radius 3 is 2.83 bits per heavy atom. The highest BCUT2D eigenvalue weighted by atomic mass is 16.5. The third-order valence-corrected chi connectivity index (χ3v) is 7.92. The highest BCUT2D eigenvalue weighted by Gasteiger charge is 2.38. The summed E-state index contributed by atoms with van der Waals surface area (Å²) in [7, 11) is 1.25. The number of pyridine rings is 1. The summed E-state index contributed by atoms with van der Waals surface area (Å²) in [5.41, 5.74) is -0.591. The zero-order chi connectivity index (χ0) is 29.4. The van der Waals surface area contributed by atoms with E-state index in [1.807, 2.05) is 0 Å². The fraction of sp³-hybridized carbons (Fsp3) is 0.536. The average molecular weight is 568 g/mol. The molecule has 3 amide bonds. The number of anilines is 1. The smallest absolute Gasteiger partial charge is 0.330 e. The van der Waals surface area contributed by atoms with Crippen LogP contribution in [0.4, 0.5) is 5.69 Å². The highest BCUT2D eigenvalue weighted by molar-refractivity contribution is 6.00. The normalized spacial score (nSPS) is 22.5. The predicted octanol–water partition coefficient (Wildman–Crippen LogP) is 1.54. The number of hydrogen-bond donors (Lipinski definition) is 4. The molecule has 13 heteroatoms. The number of ether oxygens (including phenoxy) is 1. The summed E-state index contributed by atoms with van der Waals surface area (Å²) in [6.45, 7) is 2.01. The Morgan fingerprint density at radius 2 is 2.07 bits per heavy atom. The van der Waals surface area contributed by atoms with Gasteiger partial charge in [-0.15, -0.1) is 0 Å². The van der Waals surface area contributed by atoms with E-state index in [4.69, 9.17) is 0 Å². The van der Waals surface area contributed by atoms with E-state index in [1.54, 1.807) is 6.07 Å². The number of allylic oxidation sites excluding steroid dienone is 1. The van der Waals surface area contributed by atoms with Gasteiger partial charge in [0.15, 0.2) is 5.69 Å². The second kappa shape index (κ2) is 13.9. The standard InChI is InChI=1S/C28H37N7O6/c1-17-13-18-7-5-8-19(14-18)25(17)32-23(36)16-35-12-6-10-21(28(35)40)31-26(38)20(9-3-4-11-24(37)41-2)30-27(39)22-15-29-34-33-22/h4,6,10-12,15,17-20,25H,3,5,7-9,13-14,16H2,1-2H3,(H,30,39)(H,31,38)(H,32,36)(H,29,33,34)/b11-4+. The maximum absolute atomic E-state index is 13.2. The molecule has 5 unspecified atom stereocenters. The number of hydrogen-bond acceptors (Lipinski definition) is 8. The number of H-pyrrole nitrogens is 1. The van der Waals surface area contributed by atoms with Crippen LogP contribution < -0.4 is 21.5 Å². The zero-order valence-corrected chi connectivity index (χ0v) is 23.3. The predicted molar refractivity (Wildman–Crippen MR) is 149 cm³/mol. The lowest BCUT2D eigenvalue weighted by Gasteiger charge is -2.44. The Morgan fingerprint density at radius 1 is 1.24 bits per heavy atom. The van der Waals surface area contributed by atoms with Gasteiger partial charge in [0.1, 0.15) is 18.3 Å². The van der Waals surface area contributed by atoms with E-state index in [-0.39, 0.29) is 42.7 Å². The molecule has 2 bridgehead atoms. The number of aromatic nitrogens is 4. The minimum absolute atomic E-state index is 0.0167. The number of aromatic amines is 1.